The Morgan fingerprint density at radius 1 is 1.26 bits per heavy atom. The van der Waals surface area contributed by atoms with Gasteiger partial charge in [0.1, 0.15) is 0 Å². The summed E-state index contributed by atoms with van der Waals surface area (Å²) in [5.74, 6) is -5.35. The molecule has 0 aromatic heterocycles. The molecule has 1 aromatic rings. The lowest BCUT2D eigenvalue weighted by Crippen LogP contribution is -2.35. The van der Waals surface area contributed by atoms with Crippen molar-refractivity contribution in [3.8, 4) is 6.07 Å². The van der Waals surface area contributed by atoms with E-state index in [9.17, 15) is 22.8 Å². The van der Waals surface area contributed by atoms with Crippen LogP contribution in [0.25, 0.3) is 0 Å². The van der Waals surface area contributed by atoms with Crippen LogP contribution in [-0.2, 0) is 4.79 Å². The van der Waals surface area contributed by atoms with Crippen molar-refractivity contribution < 1.29 is 27.9 Å². The van der Waals surface area contributed by atoms with Crippen molar-refractivity contribution in [3.63, 3.8) is 0 Å². The summed E-state index contributed by atoms with van der Waals surface area (Å²) in [5.41, 5.74) is 0.670. The number of carboxylic acids is 1. The number of likely N-dealkylation sites (tertiary alicyclic amines) is 1. The van der Waals surface area contributed by atoms with Crippen LogP contribution in [0.5, 0.6) is 0 Å². The number of carboxylic acid groups (broad SMARTS) is 1. The Morgan fingerprint density at radius 2 is 1.87 bits per heavy atom. The van der Waals surface area contributed by atoms with E-state index in [0.29, 0.717) is 11.3 Å². The summed E-state index contributed by atoms with van der Waals surface area (Å²) in [5, 5.41) is 20.0. The van der Waals surface area contributed by atoms with Gasteiger partial charge in [0.2, 0.25) is 0 Å². The van der Waals surface area contributed by atoms with E-state index >= 15 is 0 Å². The maximum absolute atomic E-state index is 12.9. The highest BCUT2D eigenvalue weighted by atomic mass is 19.4. The zero-order valence-electron chi connectivity index (χ0n) is 11.7. The first-order valence-electron chi connectivity index (χ1n) is 6.58. The molecule has 1 aliphatic rings. The molecular formula is C14H12F3N3O3. The Balaban J connectivity index is 2.08. The van der Waals surface area contributed by atoms with Crippen molar-refractivity contribution in [3.05, 3.63) is 29.8 Å². The van der Waals surface area contributed by atoms with Crippen LogP contribution in [0.1, 0.15) is 5.56 Å². The summed E-state index contributed by atoms with van der Waals surface area (Å²) < 4.78 is 38.6. The molecule has 2 rings (SSSR count). The number of amides is 2. The fourth-order valence-corrected chi connectivity index (χ4v) is 2.38. The Hall–Kier alpha value is -2.76. The van der Waals surface area contributed by atoms with E-state index in [1.807, 2.05) is 6.07 Å². The van der Waals surface area contributed by atoms with Gasteiger partial charge in [0, 0.05) is 18.8 Å². The number of urea groups is 1. The summed E-state index contributed by atoms with van der Waals surface area (Å²) >= 11 is 0. The van der Waals surface area contributed by atoms with Crippen LogP contribution in [0.3, 0.4) is 0 Å². The fraction of sp³-hybridized carbons (Fsp3) is 0.357. The molecule has 1 heterocycles. The van der Waals surface area contributed by atoms with Gasteiger partial charge < -0.3 is 15.3 Å². The van der Waals surface area contributed by atoms with Crippen molar-refractivity contribution in [2.24, 2.45) is 11.8 Å². The predicted molar refractivity (Wildman–Crippen MR) is 72.4 cm³/mol. The van der Waals surface area contributed by atoms with Gasteiger partial charge in [0.25, 0.3) is 0 Å². The number of benzene rings is 1. The maximum atomic E-state index is 12.9. The van der Waals surface area contributed by atoms with Gasteiger partial charge >= 0.3 is 18.2 Å². The molecular weight excluding hydrogens is 315 g/mol. The van der Waals surface area contributed by atoms with Crippen molar-refractivity contribution in [1.82, 2.24) is 4.90 Å². The number of hydrogen-bond acceptors (Lipinski definition) is 3. The van der Waals surface area contributed by atoms with E-state index in [0.717, 1.165) is 4.90 Å². The standard InChI is InChI=1S/C14H12F3N3O3/c15-14(16,17)11-7-20(6-10(11)12(21)22)13(23)19-9-3-1-8(5-18)2-4-9/h1-4,10-11H,6-7H2,(H,19,23)(H,21,22)/t10-,11-/m1/s1. The predicted octanol–water partition coefficient (Wildman–Crippen LogP) is 2.29. The molecule has 2 N–H and O–H groups in total. The van der Waals surface area contributed by atoms with Crippen molar-refractivity contribution >= 4 is 17.7 Å². The number of nitrogens with one attached hydrogen (secondary N) is 1. The number of aliphatic carboxylic acids is 1. The molecule has 0 radical (unpaired) electrons. The second-order valence-electron chi connectivity index (χ2n) is 5.12. The van der Waals surface area contributed by atoms with E-state index in [-0.39, 0.29) is 0 Å². The van der Waals surface area contributed by atoms with Gasteiger partial charge in [-0.1, -0.05) is 0 Å². The van der Waals surface area contributed by atoms with Crippen LogP contribution >= 0.6 is 0 Å². The lowest BCUT2D eigenvalue weighted by Gasteiger charge is -2.18. The van der Waals surface area contributed by atoms with Crippen LogP contribution in [0.15, 0.2) is 24.3 Å². The van der Waals surface area contributed by atoms with Crippen molar-refractivity contribution in [2.75, 3.05) is 18.4 Å². The summed E-state index contributed by atoms with van der Waals surface area (Å²) in [6.07, 6.45) is -4.69. The second-order valence-corrected chi connectivity index (χ2v) is 5.12. The first kappa shape index (κ1) is 16.6. The van der Waals surface area contributed by atoms with Gasteiger partial charge in [-0.2, -0.15) is 18.4 Å². The van der Waals surface area contributed by atoms with Crippen molar-refractivity contribution in [1.29, 1.82) is 5.26 Å². The van der Waals surface area contributed by atoms with Gasteiger partial charge in [-0.15, -0.1) is 0 Å². The normalized spacial score (nSPS) is 20.9. The highest BCUT2D eigenvalue weighted by Crippen LogP contribution is 2.37. The maximum Gasteiger partial charge on any atom is 0.394 e. The smallest absolute Gasteiger partial charge is 0.394 e. The number of nitriles is 1. The Kier molecular flexibility index (Phi) is 4.45. The highest BCUT2D eigenvalue weighted by Gasteiger charge is 2.53. The number of nitrogens with zero attached hydrogens (tertiary/aromatic N) is 2. The largest absolute Gasteiger partial charge is 0.481 e. The van der Waals surface area contributed by atoms with E-state index in [4.69, 9.17) is 10.4 Å². The van der Waals surface area contributed by atoms with Gasteiger partial charge in [-0.3, -0.25) is 4.79 Å². The number of carbonyl (C=O) groups is 2. The summed E-state index contributed by atoms with van der Waals surface area (Å²) in [7, 11) is 0. The van der Waals surface area contributed by atoms with E-state index in [1.54, 1.807) is 0 Å². The minimum Gasteiger partial charge on any atom is -0.481 e. The van der Waals surface area contributed by atoms with E-state index in [2.05, 4.69) is 5.32 Å². The van der Waals surface area contributed by atoms with Gasteiger partial charge in [-0.05, 0) is 24.3 Å². The molecule has 122 valence electrons. The van der Waals surface area contributed by atoms with Crippen LogP contribution in [-0.4, -0.2) is 41.3 Å². The molecule has 2 atom stereocenters. The number of carbonyl (C=O) groups excluding carboxylic acids is 1. The average molecular weight is 327 g/mol. The molecule has 9 heteroatoms. The minimum absolute atomic E-state index is 0.302. The molecule has 1 aliphatic heterocycles. The third-order valence-corrected chi connectivity index (χ3v) is 3.61. The molecule has 1 saturated heterocycles. The minimum atomic E-state index is -4.69. The number of rotatable bonds is 2. The van der Waals surface area contributed by atoms with Gasteiger partial charge in [-0.25, -0.2) is 4.79 Å². The number of alkyl halides is 3. The Morgan fingerprint density at radius 3 is 2.30 bits per heavy atom. The van der Waals surface area contributed by atoms with E-state index in [1.165, 1.54) is 24.3 Å². The van der Waals surface area contributed by atoms with Crippen LogP contribution < -0.4 is 5.32 Å². The summed E-state index contributed by atoms with van der Waals surface area (Å²) in [6, 6.07) is 6.83. The number of halogens is 3. The Bertz CT molecular complexity index is 652. The topological polar surface area (TPSA) is 93.4 Å². The quantitative estimate of drug-likeness (QED) is 0.871. The summed E-state index contributed by atoms with van der Waals surface area (Å²) in [4.78, 5) is 23.8. The average Bonchev–Trinajstić information content (AvgIpc) is 2.93. The highest BCUT2D eigenvalue weighted by molar-refractivity contribution is 5.90. The third kappa shape index (κ3) is 3.71. The van der Waals surface area contributed by atoms with E-state index < -0.39 is 43.1 Å². The third-order valence-electron chi connectivity index (χ3n) is 3.61. The molecule has 23 heavy (non-hydrogen) atoms. The first-order chi connectivity index (χ1) is 10.7. The molecule has 0 bridgehead atoms. The lowest BCUT2D eigenvalue weighted by molar-refractivity contribution is -0.187. The molecule has 0 unspecified atom stereocenters. The monoisotopic (exact) mass is 327 g/mol. The number of hydrogen-bond donors (Lipinski definition) is 2. The second kappa shape index (κ2) is 6.16. The van der Waals surface area contributed by atoms with Crippen LogP contribution in [0, 0.1) is 23.2 Å². The first-order valence-corrected chi connectivity index (χ1v) is 6.58. The molecule has 0 spiro atoms. The van der Waals surface area contributed by atoms with Crippen LogP contribution in [0.2, 0.25) is 0 Å². The SMILES string of the molecule is N#Cc1ccc(NC(=O)N2C[C@@H](C(F)(F)F)[C@H](C(=O)O)C2)cc1. The molecule has 0 aliphatic carbocycles. The summed E-state index contributed by atoms with van der Waals surface area (Å²) in [6.45, 7) is -1.22. The van der Waals surface area contributed by atoms with Gasteiger partial charge in [0.05, 0.1) is 23.5 Å². The molecule has 1 fully saturated rings. The number of anilines is 1. The zero-order valence-corrected chi connectivity index (χ0v) is 11.7. The molecule has 1 aromatic carbocycles. The van der Waals surface area contributed by atoms with Crippen molar-refractivity contribution in [2.45, 2.75) is 6.18 Å². The van der Waals surface area contributed by atoms with Crippen LogP contribution in [0.4, 0.5) is 23.7 Å². The zero-order chi connectivity index (χ0) is 17.2. The molecule has 2 amide bonds. The van der Waals surface area contributed by atoms with Gasteiger partial charge in [0.15, 0.2) is 0 Å². The molecule has 0 saturated carbocycles. The fourth-order valence-electron chi connectivity index (χ4n) is 2.38. The molecule has 6 nitrogen and oxygen atoms in total. The lowest BCUT2D eigenvalue weighted by atomic mass is 9.96. The Labute approximate surface area is 129 Å².